The van der Waals surface area contributed by atoms with Gasteiger partial charge in [-0.15, -0.1) is 0 Å². The fraction of sp³-hybridized carbons (Fsp3) is 0.417. The van der Waals surface area contributed by atoms with Gasteiger partial charge in [-0.2, -0.15) is 13.2 Å². The molecule has 2 N–H and O–H groups in total. The topological polar surface area (TPSA) is 35.2 Å². The molecule has 0 fully saturated rings. The summed E-state index contributed by atoms with van der Waals surface area (Å²) in [4.78, 5) is 0.331. The van der Waals surface area contributed by atoms with Gasteiger partial charge in [-0.25, -0.2) is 0 Å². The number of hydrogen-bond donors (Lipinski definition) is 1. The predicted molar refractivity (Wildman–Crippen MR) is 67.6 cm³/mol. The van der Waals surface area contributed by atoms with Crippen molar-refractivity contribution in [2.24, 2.45) is 11.7 Å². The minimum Gasteiger partial charge on any atom is -0.496 e. The van der Waals surface area contributed by atoms with Crippen LogP contribution in [-0.4, -0.2) is 12.1 Å². The van der Waals surface area contributed by atoms with E-state index >= 15 is 0 Å². The minimum absolute atomic E-state index is 0.0920. The number of benzene rings is 1. The average molecular weight is 277 g/mol. The first-order chi connectivity index (χ1) is 8.25. The van der Waals surface area contributed by atoms with Gasteiger partial charge in [0.05, 0.1) is 17.7 Å². The molecule has 6 heteroatoms. The van der Waals surface area contributed by atoms with Crippen LogP contribution in [0.5, 0.6) is 5.75 Å². The number of alkyl halides is 3. The van der Waals surface area contributed by atoms with Crippen LogP contribution in [0, 0.1) is 5.92 Å². The lowest BCUT2D eigenvalue weighted by molar-refractivity contribution is -0.137. The first-order valence-electron chi connectivity index (χ1n) is 5.29. The Labute approximate surface area is 109 Å². The van der Waals surface area contributed by atoms with Crippen molar-refractivity contribution in [3.05, 3.63) is 29.3 Å². The Hall–Kier alpha value is -1.30. The van der Waals surface area contributed by atoms with E-state index in [0.717, 1.165) is 12.1 Å². The maximum Gasteiger partial charge on any atom is 0.416 e. The van der Waals surface area contributed by atoms with Gasteiger partial charge < -0.3 is 10.5 Å². The molecule has 0 saturated carbocycles. The van der Waals surface area contributed by atoms with Crippen LogP contribution >= 0.6 is 12.2 Å². The van der Waals surface area contributed by atoms with Crippen molar-refractivity contribution in [2.75, 3.05) is 7.11 Å². The number of nitrogens with two attached hydrogens (primary N) is 1. The van der Waals surface area contributed by atoms with Crippen LogP contribution in [0.4, 0.5) is 13.2 Å². The van der Waals surface area contributed by atoms with Crippen molar-refractivity contribution in [1.29, 1.82) is 0 Å². The van der Waals surface area contributed by atoms with Crippen LogP contribution in [0.2, 0.25) is 0 Å². The summed E-state index contributed by atoms with van der Waals surface area (Å²) < 4.78 is 42.6. The van der Waals surface area contributed by atoms with Gasteiger partial charge in [0, 0.05) is 5.92 Å². The Kier molecular flexibility index (Phi) is 4.56. The second-order valence-electron chi connectivity index (χ2n) is 4.03. The van der Waals surface area contributed by atoms with Crippen LogP contribution in [0.3, 0.4) is 0 Å². The molecule has 0 heterocycles. The maximum absolute atomic E-state index is 12.5. The van der Waals surface area contributed by atoms with Gasteiger partial charge in [-0.3, -0.25) is 0 Å². The Bertz CT molecular complexity index is 445. The Morgan fingerprint density at radius 2 is 2.06 bits per heavy atom. The van der Waals surface area contributed by atoms with Gasteiger partial charge in [0.2, 0.25) is 0 Å². The normalized spacial score (nSPS) is 13.2. The first kappa shape index (κ1) is 14.8. The quantitative estimate of drug-likeness (QED) is 0.858. The number of methoxy groups -OCH3 is 1. The van der Waals surface area contributed by atoms with Crippen molar-refractivity contribution in [1.82, 2.24) is 0 Å². The van der Waals surface area contributed by atoms with E-state index in [1.807, 2.05) is 6.92 Å². The van der Waals surface area contributed by atoms with Crippen molar-refractivity contribution in [3.63, 3.8) is 0 Å². The van der Waals surface area contributed by atoms with E-state index in [1.54, 1.807) is 0 Å². The highest BCUT2D eigenvalue weighted by atomic mass is 32.1. The summed E-state index contributed by atoms with van der Waals surface area (Å²) >= 11 is 4.84. The summed E-state index contributed by atoms with van der Waals surface area (Å²) in [5.41, 5.74) is 5.41. The number of rotatable bonds is 4. The van der Waals surface area contributed by atoms with Gasteiger partial charge in [0.15, 0.2) is 0 Å². The van der Waals surface area contributed by atoms with Crippen molar-refractivity contribution in [2.45, 2.75) is 19.5 Å². The molecule has 1 aromatic rings. The van der Waals surface area contributed by atoms with E-state index in [-0.39, 0.29) is 11.7 Å². The van der Waals surface area contributed by atoms with E-state index < -0.39 is 11.7 Å². The molecule has 0 saturated heterocycles. The number of ether oxygens (including phenoxy) is 1. The zero-order valence-corrected chi connectivity index (χ0v) is 10.9. The first-order valence-corrected chi connectivity index (χ1v) is 5.70. The smallest absolute Gasteiger partial charge is 0.416 e. The number of hydrogen-bond acceptors (Lipinski definition) is 2. The van der Waals surface area contributed by atoms with Crippen LogP contribution in [-0.2, 0) is 12.6 Å². The van der Waals surface area contributed by atoms with E-state index in [0.29, 0.717) is 17.0 Å². The second-order valence-corrected chi connectivity index (χ2v) is 4.50. The zero-order chi connectivity index (χ0) is 13.9. The SMILES string of the molecule is COc1cc(C(F)(F)F)ccc1CC(C)C(N)=S. The van der Waals surface area contributed by atoms with Gasteiger partial charge in [0.1, 0.15) is 5.75 Å². The molecule has 2 nitrogen and oxygen atoms in total. The molecule has 0 aliphatic carbocycles. The van der Waals surface area contributed by atoms with E-state index in [9.17, 15) is 13.2 Å². The highest BCUT2D eigenvalue weighted by Crippen LogP contribution is 2.33. The molecule has 0 amide bonds. The lowest BCUT2D eigenvalue weighted by Crippen LogP contribution is -2.20. The summed E-state index contributed by atoms with van der Waals surface area (Å²) in [6, 6.07) is 3.42. The molecule has 18 heavy (non-hydrogen) atoms. The summed E-state index contributed by atoms with van der Waals surface area (Å²) in [5.74, 6) is 0.110. The molecule has 100 valence electrons. The monoisotopic (exact) mass is 277 g/mol. The third-order valence-corrected chi connectivity index (χ3v) is 3.03. The number of thiocarbonyl (C=S) groups is 1. The lowest BCUT2D eigenvalue weighted by atomic mass is 9.99. The van der Waals surface area contributed by atoms with E-state index in [1.165, 1.54) is 13.2 Å². The molecular formula is C12H14F3NOS. The van der Waals surface area contributed by atoms with E-state index in [4.69, 9.17) is 22.7 Å². The van der Waals surface area contributed by atoms with Gasteiger partial charge in [0.25, 0.3) is 0 Å². The molecule has 0 bridgehead atoms. The van der Waals surface area contributed by atoms with Crippen molar-refractivity contribution in [3.8, 4) is 5.75 Å². The zero-order valence-electron chi connectivity index (χ0n) is 10.0. The molecular weight excluding hydrogens is 263 g/mol. The Morgan fingerprint density at radius 1 is 1.44 bits per heavy atom. The molecule has 1 aromatic carbocycles. The van der Waals surface area contributed by atoms with Crippen molar-refractivity contribution < 1.29 is 17.9 Å². The molecule has 0 aliphatic rings. The molecule has 1 rings (SSSR count). The summed E-state index contributed by atoms with van der Waals surface area (Å²) in [5, 5.41) is 0. The number of halogens is 3. The van der Waals surface area contributed by atoms with Gasteiger partial charge >= 0.3 is 6.18 Å². The molecule has 1 atom stereocenters. The third-order valence-electron chi connectivity index (χ3n) is 2.63. The molecule has 1 unspecified atom stereocenters. The highest BCUT2D eigenvalue weighted by Gasteiger charge is 2.31. The molecule has 0 aromatic heterocycles. The summed E-state index contributed by atoms with van der Waals surface area (Å²) in [6.45, 7) is 1.82. The van der Waals surface area contributed by atoms with Gasteiger partial charge in [-0.05, 0) is 24.1 Å². The largest absolute Gasteiger partial charge is 0.496 e. The van der Waals surface area contributed by atoms with Crippen LogP contribution < -0.4 is 10.5 Å². The highest BCUT2D eigenvalue weighted by molar-refractivity contribution is 7.80. The average Bonchev–Trinajstić information content (AvgIpc) is 2.27. The fourth-order valence-corrected chi connectivity index (χ4v) is 1.60. The third kappa shape index (κ3) is 3.60. The molecule has 0 spiro atoms. The maximum atomic E-state index is 12.5. The molecule has 0 aliphatic heterocycles. The van der Waals surface area contributed by atoms with Crippen LogP contribution in [0.1, 0.15) is 18.1 Å². The summed E-state index contributed by atoms with van der Waals surface area (Å²) in [6.07, 6.45) is -3.92. The fourth-order valence-electron chi connectivity index (χ4n) is 1.52. The van der Waals surface area contributed by atoms with Gasteiger partial charge in [-0.1, -0.05) is 25.2 Å². The van der Waals surface area contributed by atoms with E-state index in [2.05, 4.69) is 0 Å². The summed E-state index contributed by atoms with van der Waals surface area (Å²) in [7, 11) is 1.34. The minimum atomic E-state index is -4.37. The predicted octanol–water partition coefficient (Wildman–Crippen LogP) is 3.18. The Morgan fingerprint density at radius 3 is 2.50 bits per heavy atom. The van der Waals surface area contributed by atoms with Crippen LogP contribution in [0.15, 0.2) is 18.2 Å². The second kappa shape index (κ2) is 5.56. The lowest BCUT2D eigenvalue weighted by Gasteiger charge is -2.15. The van der Waals surface area contributed by atoms with Crippen LogP contribution in [0.25, 0.3) is 0 Å². The molecule has 0 radical (unpaired) electrons. The Balaban J connectivity index is 3.04. The van der Waals surface area contributed by atoms with Crippen molar-refractivity contribution >= 4 is 17.2 Å². The standard InChI is InChI=1S/C12H14F3NOS/c1-7(11(16)18)5-8-3-4-9(12(13,14)15)6-10(8)17-2/h3-4,6-7H,5H2,1-2H3,(H2,16,18).